The number of ether oxygens (including phenoxy) is 3. The number of hydrogen-bond donors (Lipinski definition) is 2. The summed E-state index contributed by atoms with van der Waals surface area (Å²) in [6, 6.07) is 17.8. The molecule has 1 heterocycles. The summed E-state index contributed by atoms with van der Waals surface area (Å²) in [4.78, 5) is 39.0. The first-order chi connectivity index (χ1) is 18.8. The van der Waals surface area contributed by atoms with E-state index in [-0.39, 0.29) is 5.70 Å². The number of nitrogens with zero attached hydrogens (tertiary/aromatic N) is 1. The summed E-state index contributed by atoms with van der Waals surface area (Å²) in [6.45, 7) is 4.24. The van der Waals surface area contributed by atoms with Gasteiger partial charge in [-0.1, -0.05) is 42.0 Å². The summed E-state index contributed by atoms with van der Waals surface area (Å²) in [5, 5.41) is 5.22. The maximum atomic E-state index is 13.0. The van der Waals surface area contributed by atoms with Crippen molar-refractivity contribution in [1.29, 1.82) is 0 Å². The molecule has 1 aliphatic rings. The van der Waals surface area contributed by atoms with Crippen molar-refractivity contribution in [3.63, 3.8) is 0 Å². The number of imide groups is 1. The van der Waals surface area contributed by atoms with Crippen LogP contribution < -0.4 is 24.8 Å². The number of hydrogen-bond acceptors (Lipinski definition) is 6. The number of methoxy groups -OCH3 is 1. The molecular formula is C29H28IN3O6. The van der Waals surface area contributed by atoms with E-state index in [2.05, 4.69) is 33.2 Å². The molecule has 0 atom stereocenters. The molecule has 9 nitrogen and oxygen atoms in total. The zero-order valence-corrected chi connectivity index (χ0v) is 23.9. The number of amides is 4. The molecule has 39 heavy (non-hydrogen) atoms. The highest BCUT2D eigenvalue weighted by Crippen LogP contribution is 2.36. The fourth-order valence-corrected chi connectivity index (χ4v) is 4.66. The molecule has 0 radical (unpaired) electrons. The standard InChI is InChI=1S/C29H28IN3O6/c1-4-38-25-15-20(13-21(30)27(25)39-17-19-11-9-18(2)10-12-19)14-23-28(35)33(29(36)32-23)16-26(34)31-22-7-5-6-8-24(22)37-3/h5-15H,4,16-17H2,1-3H3,(H,31,34)(H,32,36)/b23-14+. The van der Waals surface area contributed by atoms with Gasteiger partial charge in [-0.3, -0.25) is 9.59 Å². The van der Waals surface area contributed by atoms with Crippen LogP contribution in [0, 0.1) is 10.5 Å². The predicted molar refractivity (Wildman–Crippen MR) is 156 cm³/mol. The Bertz CT molecular complexity index is 1420. The second-order valence-electron chi connectivity index (χ2n) is 8.67. The van der Waals surface area contributed by atoms with Crippen LogP contribution in [-0.2, 0) is 16.2 Å². The van der Waals surface area contributed by atoms with Crippen LogP contribution in [0.15, 0.2) is 66.4 Å². The Kier molecular flexibility index (Phi) is 9.07. The number of carbonyl (C=O) groups excluding carboxylic acids is 3. The van der Waals surface area contributed by atoms with E-state index in [1.807, 2.05) is 44.2 Å². The molecule has 4 rings (SSSR count). The van der Waals surface area contributed by atoms with Crippen LogP contribution in [0.1, 0.15) is 23.6 Å². The van der Waals surface area contributed by atoms with Crippen molar-refractivity contribution in [2.45, 2.75) is 20.5 Å². The van der Waals surface area contributed by atoms with Gasteiger partial charge in [-0.05, 0) is 77.9 Å². The van der Waals surface area contributed by atoms with Crippen LogP contribution >= 0.6 is 22.6 Å². The smallest absolute Gasteiger partial charge is 0.329 e. The first kappa shape index (κ1) is 28.0. The molecular weight excluding hydrogens is 613 g/mol. The fraction of sp³-hybridized carbons (Fsp3) is 0.207. The lowest BCUT2D eigenvalue weighted by atomic mass is 10.1. The van der Waals surface area contributed by atoms with E-state index >= 15 is 0 Å². The minimum Gasteiger partial charge on any atom is -0.495 e. The van der Waals surface area contributed by atoms with Crippen LogP contribution in [0.2, 0.25) is 0 Å². The molecule has 2 N–H and O–H groups in total. The van der Waals surface area contributed by atoms with E-state index in [4.69, 9.17) is 14.2 Å². The number of rotatable bonds is 10. The molecule has 1 fully saturated rings. The van der Waals surface area contributed by atoms with Crippen molar-refractivity contribution >= 4 is 52.2 Å². The Hall–Kier alpha value is -4.06. The quantitative estimate of drug-likeness (QED) is 0.181. The van der Waals surface area contributed by atoms with Crippen molar-refractivity contribution in [3.8, 4) is 17.2 Å². The van der Waals surface area contributed by atoms with Crippen LogP contribution in [0.3, 0.4) is 0 Å². The van der Waals surface area contributed by atoms with Gasteiger partial charge in [0.2, 0.25) is 5.91 Å². The van der Waals surface area contributed by atoms with E-state index in [1.165, 1.54) is 12.7 Å². The number of aryl methyl sites for hydroxylation is 1. The molecule has 0 aromatic heterocycles. The summed E-state index contributed by atoms with van der Waals surface area (Å²) in [5.41, 5.74) is 3.32. The number of benzene rings is 3. The molecule has 0 saturated carbocycles. The average molecular weight is 641 g/mol. The lowest BCUT2D eigenvalue weighted by molar-refractivity contribution is -0.127. The topological polar surface area (TPSA) is 106 Å². The number of anilines is 1. The fourth-order valence-electron chi connectivity index (χ4n) is 3.88. The highest BCUT2D eigenvalue weighted by atomic mass is 127. The third-order valence-electron chi connectivity index (χ3n) is 5.79. The summed E-state index contributed by atoms with van der Waals surface area (Å²) in [5.74, 6) is 0.440. The normalized spacial score (nSPS) is 13.8. The highest BCUT2D eigenvalue weighted by molar-refractivity contribution is 14.1. The molecule has 3 aromatic rings. The minimum atomic E-state index is -0.681. The second kappa shape index (κ2) is 12.7. The Morgan fingerprint density at radius 2 is 1.79 bits per heavy atom. The SMILES string of the molecule is CCOc1cc(/C=C2/NC(=O)N(CC(=O)Nc3ccccc3OC)C2=O)cc(I)c1OCc1ccc(C)cc1. The van der Waals surface area contributed by atoms with Gasteiger partial charge in [-0.25, -0.2) is 9.69 Å². The maximum Gasteiger partial charge on any atom is 0.329 e. The summed E-state index contributed by atoms with van der Waals surface area (Å²) >= 11 is 2.15. The van der Waals surface area contributed by atoms with E-state index in [1.54, 1.807) is 36.4 Å². The summed E-state index contributed by atoms with van der Waals surface area (Å²) in [6.07, 6.45) is 1.55. The maximum absolute atomic E-state index is 13.0. The van der Waals surface area contributed by atoms with Crippen molar-refractivity contribution in [2.24, 2.45) is 0 Å². The first-order valence-corrected chi connectivity index (χ1v) is 13.3. The monoisotopic (exact) mass is 641 g/mol. The number of para-hydroxylation sites is 2. The van der Waals surface area contributed by atoms with E-state index in [0.29, 0.717) is 41.7 Å². The van der Waals surface area contributed by atoms with Gasteiger partial charge in [-0.15, -0.1) is 0 Å². The van der Waals surface area contributed by atoms with Crippen molar-refractivity contribution < 1.29 is 28.6 Å². The number of carbonyl (C=O) groups is 3. The Morgan fingerprint density at radius 3 is 2.51 bits per heavy atom. The van der Waals surface area contributed by atoms with E-state index in [9.17, 15) is 14.4 Å². The van der Waals surface area contributed by atoms with Gasteiger partial charge in [-0.2, -0.15) is 0 Å². The van der Waals surface area contributed by atoms with Crippen LogP contribution in [0.5, 0.6) is 17.2 Å². The molecule has 0 unspecified atom stereocenters. The third-order valence-corrected chi connectivity index (χ3v) is 6.59. The van der Waals surface area contributed by atoms with E-state index in [0.717, 1.165) is 14.0 Å². The molecule has 1 aliphatic heterocycles. The molecule has 4 amide bonds. The number of urea groups is 1. The van der Waals surface area contributed by atoms with Gasteiger partial charge in [0.05, 0.1) is 23.0 Å². The third kappa shape index (κ3) is 6.88. The molecule has 10 heteroatoms. The van der Waals surface area contributed by atoms with Crippen LogP contribution in [-0.4, -0.2) is 43.0 Å². The summed E-state index contributed by atoms with van der Waals surface area (Å²) < 4.78 is 17.9. The van der Waals surface area contributed by atoms with Gasteiger partial charge < -0.3 is 24.8 Å². The molecule has 0 bridgehead atoms. The Morgan fingerprint density at radius 1 is 1.05 bits per heavy atom. The van der Waals surface area contributed by atoms with Crippen LogP contribution in [0.25, 0.3) is 6.08 Å². The van der Waals surface area contributed by atoms with E-state index < -0.39 is 24.4 Å². The van der Waals surface area contributed by atoms with Crippen molar-refractivity contribution in [1.82, 2.24) is 10.2 Å². The zero-order chi connectivity index (χ0) is 27.9. The Labute approximate surface area is 240 Å². The van der Waals surface area contributed by atoms with Gasteiger partial charge in [0.1, 0.15) is 24.6 Å². The minimum absolute atomic E-state index is 0.0525. The van der Waals surface area contributed by atoms with Crippen molar-refractivity contribution in [2.75, 3.05) is 25.6 Å². The lowest BCUT2D eigenvalue weighted by Gasteiger charge is -2.15. The molecule has 3 aromatic carbocycles. The lowest BCUT2D eigenvalue weighted by Crippen LogP contribution is -2.38. The molecule has 202 valence electrons. The highest BCUT2D eigenvalue weighted by Gasteiger charge is 2.35. The van der Waals surface area contributed by atoms with Gasteiger partial charge in [0.25, 0.3) is 5.91 Å². The number of halogens is 1. The molecule has 0 spiro atoms. The van der Waals surface area contributed by atoms with Gasteiger partial charge in [0.15, 0.2) is 11.5 Å². The second-order valence-corrected chi connectivity index (χ2v) is 9.83. The zero-order valence-electron chi connectivity index (χ0n) is 21.7. The molecule has 1 saturated heterocycles. The average Bonchev–Trinajstić information content (AvgIpc) is 3.16. The largest absolute Gasteiger partial charge is 0.495 e. The first-order valence-electron chi connectivity index (χ1n) is 12.2. The van der Waals surface area contributed by atoms with Gasteiger partial charge >= 0.3 is 6.03 Å². The Balaban J connectivity index is 1.49. The molecule has 0 aliphatic carbocycles. The van der Waals surface area contributed by atoms with Gasteiger partial charge in [0, 0.05) is 0 Å². The van der Waals surface area contributed by atoms with Crippen molar-refractivity contribution in [3.05, 3.63) is 86.6 Å². The predicted octanol–water partition coefficient (Wildman–Crippen LogP) is 5.12. The number of nitrogens with one attached hydrogen (secondary N) is 2. The summed E-state index contributed by atoms with van der Waals surface area (Å²) in [7, 11) is 1.49. The van der Waals surface area contributed by atoms with Crippen LogP contribution in [0.4, 0.5) is 10.5 Å².